The molecule has 1 aromatic carbocycles. The highest BCUT2D eigenvalue weighted by atomic mass is 16.7. The second-order valence-corrected chi connectivity index (χ2v) is 8.93. The maximum atomic E-state index is 12.0. The van der Waals surface area contributed by atoms with E-state index in [-0.39, 0.29) is 30.6 Å². The molecule has 3 aromatic rings. The lowest BCUT2D eigenvalue weighted by atomic mass is 9.87. The van der Waals surface area contributed by atoms with E-state index in [0.29, 0.717) is 41.4 Å². The van der Waals surface area contributed by atoms with E-state index in [2.05, 4.69) is 15.3 Å². The van der Waals surface area contributed by atoms with Crippen molar-refractivity contribution < 1.29 is 33.8 Å². The van der Waals surface area contributed by atoms with Crippen molar-refractivity contribution in [3.05, 3.63) is 57.9 Å². The van der Waals surface area contributed by atoms with Crippen LogP contribution in [0.5, 0.6) is 11.5 Å². The van der Waals surface area contributed by atoms with Crippen LogP contribution in [-0.4, -0.2) is 54.8 Å². The SMILES string of the molecule is Cc1nc(-c2nnn(C)c2CCOC(=O)Oc2ccc([N+](=O)[O-])cc2)ccc1O[C@H]1CCC[C@H](C(=O)O)C1. The van der Waals surface area contributed by atoms with Gasteiger partial charge in [-0.1, -0.05) is 5.21 Å². The quantitative estimate of drug-likeness (QED) is 0.186. The molecule has 2 aromatic heterocycles. The Kier molecular flexibility index (Phi) is 8.14. The molecule has 1 aliphatic rings. The van der Waals surface area contributed by atoms with Crippen molar-refractivity contribution in [1.82, 2.24) is 20.0 Å². The van der Waals surface area contributed by atoms with Crippen LogP contribution in [0, 0.1) is 23.0 Å². The van der Waals surface area contributed by atoms with Crippen LogP contribution in [0.15, 0.2) is 36.4 Å². The summed E-state index contributed by atoms with van der Waals surface area (Å²) in [7, 11) is 1.72. The van der Waals surface area contributed by atoms with Crippen LogP contribution in [0.4, 0.5) is 10.5 Å². The Bertz CT molecular complexity index is 1320. The van der Waals surface area contributed by atoms with Gasteiger partial charge < -0.3 is 19.3 Å². The van der Waals surface area contributed by atoms with Crippen LogP contribution in [0.1, 0.15) is 37.1 Å². The number of carboxylic acid groups (broad SMARTS) is 1. The molecule has 0 bridgehead atoms. The molecule has 1 saturated carbocycles. The molecule has 38 heavy (non-hydrogen) atoms. The molecule has 0 spiro atoms. The first-order chi connectivity index (χ1) is 18.2. The summed E-state index contributed by atoms with van der Waals surface area (Å²) in [6.07, 6.45) is 1.90. The predicted molar refractivity (Wildman–Crippen MR) is 132 cm³/mol. The van der Waals surface area contributed by atoms with Crippen molar-refractivity contribution in [3.63, 3.8) is 0 Å². The molecule has 200 valence electrons. The molecule has 2 heterocycles. The van der Waals surface area contributed by atoms with Gasteiger partial charge in [-0.2, -0.15) is 0 Å². The number of carboxylic acids is 1. The first kappa shape index (κ1) is 26.5. The fraction of sp³-hybridized carbons (Fsp3) is 0.400. The van der Waals surface area contributed by atoms with Crippen molar-refractivity contribution in [2.24, 2.45) is 13.0 Å². The Balaban J connectivity index is 1.35. The molecule has 0 saturated heterocycles. The smallest absolute Gasteiger partial charge is 0.489 e. The number of ether oxygens (including phenoxy) is 3. The zero-order valence-electron chi connectivity index (χ0n) is 20.9. The fourth-order valence-corrected chi connectivity index (χ4v) is 4.31. The third kappa shape index (κ3) is 6.41. The van der Waals surface area contributed by atoms with E-state index < -0.39 is 23.0 Å². The van der Waals surface area contributed by atoms with Gasteiger partial charge >= 0.3 is 12.1 Å². The van der Waals surface area contributed by atoms with Crippen LogP contribution in [0.25, 0.3) is 11.4 Å². The van der Waals surface area contributed by atoms with E-state index in [4.69, 9.17) is 14.2 Å². The molecule has 1 fully saturated rings. The normalized spacial score (nSPS) is 17.0. The van der Waals surface area contributed by atoms with Crippen LogP contribution >= 0.6 is 0 Å². The van der Waals surface area contributed by atoms with E-state index >= 15 is 0 Å². The van der Waals surface area contributed by atoms with Gasteiger partial charge in [-0.3, -0.25) is 19.6 Å². The van der Waals surface area contributed by atoms with Crippen molar-refractivity contribution in [3.8, 4) is 22.9 Å². The Labute approximate surface area is 217 Å². The first-order valence-corrected chi connectivity index (χ1v) is 12.1. The molecule has 13 nitrogen and oxygen atoms in total. The minimum Gasteiger partial charge on any atom is -0.489 e. The Morgan fingerprint density at radius 2 is 1.95 bits per heavy atom. The molecule has 0 amide bonds. The highest BCUT2D eigenvalue weighted by molar-refractivity contribution is 5.70. The topological polar surface area (TPSA) is 169 Å². The highest BCUT2D eigenvalue weighted by Crippen LogP contribution is 2.30. The number of aryl methyl sites for hydroxylation is 2. The molecule has 0 aliphatic heterocycles. The predicted octanol–water partition coefficient (Wildman–Crippen LogP) is 3.87. The van der Waals surface area contributed by atoms with Crippen LogP contribution in [-0.2, 0) is 23.0 Å². The van der Waals surface area contributed by atoms with E-state index in [1.807, 2.05) is 6.92 Å². The summed E-state index contributed by atoms with van der Waals surface area (Å²) in [6, 6.07) is 8.62. The Morgan fingerprint density at radius 3 is 2.63 bits per heavy atom. The number of nitro benzene ring substituents is 1. The minimum absolute atomic E-state index is 0.0212. The molecule has 13 heteroatoms. The molecule has 4 rings (SSSR count). The van der Waals surface area contributed by atoms with Crippen molar-refractivity contribution in [1.29, 1.82) is 0 Å². The average molecular weight is 526 g/mol. The number of benzene rings is 1. The number of pyridine rings is 1. The lowest BCUT2D eigenvalue weighted by molar-refractivity contribution is -0.384. The number of aromatic nitrogens is 4. The molecular weight excluding hydrogens is 498 g/mol. The van der Waals surface area contributed by atoms with Gasteiger partial charge in [0.1, 0.15) is 23.8 Å². The number of nitro groups is 1. The third-order valence-corrected chi connectivity index (χ3v) is 6.30. The van der Waals surface area contributed by atoms with Gasteiger partial charge in [0.15, 0.2) is 0 Å². The summed E-state index contributed by atoms with van der Waals surface area (Å²) in [6.45, 7) is 1.79. The van der Waals surface area contributed by atoms with E-state index in [1.54, 1.807) is 23.9 Å². The van der Waals surface area contributed by atoms with Crippen molar-refractivity contribution >= 4 is 17.8 Å². The summed E-state index contributed by atoms with van der Waals surface area (Å²) in [5.74, 6) is -0.468. The number of hydrogen-bond acceptors (Lipinski definition) is 10. The van der Waals surface area contributed by atoms with Gasteiger partial charge in [-0.25, -0.2) is 9.78 Å². The first-order valence-electron chi connectivity index (χ1n) is 12.1. The number of carbonyl (C=O) groups is 2. The van der Waals surface area contributed by atoms with Gasteiger partial charge in [-0.15, -0.1) is 5.10 Å². The molecule has 2 atom stereocenters. The Morgan fingerprint density at radius 1 is 1.18 bits per heavy atom. The van der Waals surface area contributed by atoms with Crippen molar-refractivity contribution in [2.45, 2.75) is 45.1 Å². The molecular formula is C25H27N5O8. The molecule has 0 radical (unpaired) electrons. The molecule has 1 N–H and O–H groups in total. The maximum absolute atomic E-state index is 12.0. The van der Waals surface area contributed by atoms with Gasteiger partial charge in [0.05, 0.1) is 34.0 Å². The average Bonchev–Trinajstić information content (AvgIpc) is 3.26. The summed E-state index contributed by atoms with van der Waals surface area (Å²) >= 11 is 0. The second kappa shape index (κ2) is 11.7. The molecule has 1 aliphatic carbocycles. The van der Waals surface area contributed by atoms with Gasteiger partial charge in [0, 0.05) is 25.6 Å². The Hall–Kier alpha value is -4.55. The molecule has 0 unspecified atom stereocenters. The third-order valence-electron chi connectivity index (χ3n) is 6.30. The number of aliphatic carboxylic acids is 1. The van der Waals surface area contributed by atoms with E-state index in [9.17, 15) is 24.8 Å². The number of non-ortho nitro benzene ring substituents is 1. The van der Waals surface area contributed by atoms with Crippen LogP contribution in [0.2, 0.25) is 0 Å². The number of rotatable bonds is 9. The highest BCUT2D eigenvalue weighted by Gasteiger charge is 2.28. The van der Waals surface area contributed by atoms with Gasteiger partial charge in [-0.05, 0) is 56.9 Å². The summed E-state index contributed by atoms with van der Waals surface area (Å²) in [4.78, 5) is 38.2. The fourth-order valence-electron chi connectivity index (χ4n) is 4.31. The van der Waals surface area contributed by atoms with Crippen molar-refractivity contribution in [2.75, 3.05) is 6.61 Å². The summed E-state index contributed by atoms with van der Waals surface area (Å²) in [5, 5.41) is 28.3. The van der Waals surface area contributed by atoms with Gasteiger partial charge in [0.2, 0.25) is 0 Å². The summed E-state index contributed by atoms with van der Waals surface area (Å²) < 4.78 is 17.8. The van der Waals surface area contributed by atoms with Gasteiger partial charge in [0.25, 0.3) is 5.69 Å². The van der Waals surface area contributed by atoms with E-state index in [1.165, 1.54) is 24.3 Å². The second-order valence-electron chi connectivity index (χ2n) is 8.93. The maximum Gasteiger partial charge on any atom is 0.513 e. The number of hydrogen-bond donors (Lipinski definition) is 1. The summed E-state index contributed by atoms with van der Waals surface area (Å²) in [5.41, 5.74) is 2.30. The zero-order chi connectivity index (χ0) is 27.2. The number of carbonyl (C=O) groups excluding carboxylic acids is 1. The van der Waals surface area contributed by atoms with Crippen LogP contribution in [0.3, 0.4) is 0 Å². The lowest BCUT2D eigenvalue weighted by Gasteiger charge is -2.27. The minimum atomic E-state index is -0.946. The number of nitrogens with zero attached hydrogens (tertiary/aromatic N) is 5. The largest absolute Gasteiger partial charge is 0.513 e. The van der Waals surface area contributed by atoms with Crippen LogP contribution < -0.4 is 9.47 Å². The zero-order valence-corrected chi connectivity index (χ0v) is 20.9. The lowest BCUT2D eigenvalue weighted by Crippen LogP contribution is -2.29. The monoisotopic (exact) mass is 525 g/mol. The standard InChI is InChI=1S/C25H27N5O8/c1-15-22(37-19-5-3-4-16(14-19)24(31)32)11-10-20(26-15)23-21(29(2)28-27-23)12-13-36-25(33)38-18-8-6-17(7-9-18)30(34)35/h6-11,16,19H,3-5,12-14H2,1-2H3,(H,31,32)/t16-,19-/m0/s1. The van der Waals surface area contributed by atoms with E-state index in [0.717, 1.165) is 12.8 Å².